The lowest BCUT2D eigenvalue weighted by molar-refractivity contribution is -0.123. The summed E-state index contributed by atoms with van der Waals surface area (Å²) in [6.45, 7) is 2.48. The monoisotopic (exact) mass is 398 g/mol. The van der Waals surface area contributed by atoms with Gasteiger partial charge in [0.25, 0.3) is 0 Å². The Kier molecular flexibility index (Phi) is 4.84. The van der Waals surface area contributed by atoms with Crippen LogP contribution in [0.15, 0.2) is 20.4 Å². The van der Waals surface area contributed by atoms with E-state index in [0.29, 0.717) is 37.0 Å². The van der Waals surface area contributed by atoms with Gasteiger partial charge in [-0.2, -0.15) is 4.98 Å². The Labute approximate surface area is 147 Å². The number of hydrogen-bond acceptors (Lipinski definition) is 6. The Bertz CT molecular complexity index is 697. The second kappa shape index (κ2) is 6.70. The molecule has 1 atom stereocenters. The second-order valence-electron chi connectivity index (χ2n) is 6.08. The predicted octanol–water partition coefficient (Wildman–Crippen LogP) is 2.74. The Morgan fingerprint density at radius 3 is 3.00 bits per heavy atom. The molecular formula is C15H19BrN4O2S. The zero-order chi connectivity index (χ0) is 16.4. The minimum absolute atomic E-state index is 0.0246. The SMILES string of the molecule is CC(CN)(NC(=O)CCc1nc(-c2cc(Br)cs2)no1)C1CC1. The lowest BCUT2D eigenvalue weighted by Gasteiger charge is -2.29. The number of nitrogens with zero attached hydrogens (tertiary/aromatic N) is 2. The fraction of sp³-hybridized carbons (Fsp3) is 0.533. The highest BCUT2D eigenvalue weighted by atomic mass is 79.9. The van der Waals surface area contributed by atoms with E-state index in [9.17, 15) is 4.79 Å². The molecule has 2 aromatic rings. The highest BCUT2D eigenvalue weighted by Crippen LogP contribution is 2.39. The van der Waals surface area contributed by atoms with Crippen LogP contribution in [0.4, 0.5) is 0 Å². The summed E-state index contributed by atoms with van der Waals surface area (Å²) in [5.41, 5.74) is 5.52. The van der Waals surface area contributed by atoms with Gasteiger partial charge in [0.1, 0.15) is 0 Å². The third-order valence-electron chi connectivity index (χ3n) is 4.15. The van der Waals surface area contributed by atoms with Crippen molar-refractivity contribution in [3.63, 3.8) is 0 Å². The second-order valence-corrected chi connectivity index (χ2v) is 7.91. The average molecular weight is 399 g/mol. The fourth-order valence-electron chi connectivity index (χ4n) is 2.53. The lowest BCUT2D eigenvalue weighted by atomic mass is 9.95. The molecule has 1 aliphatic carbocycles. The molecule has 8 heteroatoms. The number of rotatable bonds is 7. The van der Waals surface area contributed by atoms with Gasteiger partial charge < -0.3 is 15.6 Å². The van der Waals surface area contributed by atoms with E-state index >= 15 is 0 Å². The van der Waals surface area contributed by atoms with Crippen molar-refractivity contribution >= 4 is 33.2 Å². The molecule has 3 N–H and O–H groups in total. The first kappa shape index (κ1) is 16.6. The zero-order valence-electron chi connectivity index (χ0n) is 12.8. The summed E-state index contributed by atoms with van der Waals surface area (Å²) >= 11 is 4.93. The number of aromatic nitrogens is 2. The molecule has 1 fully saturated rings. The first-order valence-electron chi connectivity index (χ1n) is 7.58. The number of nitrogens with two attached hydrogens (primary N) is 1. The standard InChI is InChI=1S/C15H19BrN4O2S/c1-15(8-17,9-2-3-9)19-12(21)4-5-13-18-14(20-22-13)11-6-10(16)7-23-11/h6-7,9H,2-5,8,17H2,1H3,(H,19,21). The number of carbonyl (C=O) groups excluding carboxylic acids is 1. The molecule has 0 radical (unpaired) electrons. The van der Waals surface area contributed by atoms with Gasteiger partial charge in [0.05, 0.1) is 10.4 Å². The Hall–Kier alpha value is -1.25. The minimum atomic E-state index is -0.291. The molecule has 0 spiro atoms. The van der Waals surface area contributed by atoms with Crippen molar-refractivity contribution in [3.05, 3.63) is 21.8 Å². The van der Waals surface area contributed by atoms with Crippen LogP contribution in [0.25, 0.3) is 10.7 Å². The number of thiophene rings is 1. The quantitative estimate of drug-likeness (QED) is 0.747. The molecule has 0 saturated heterocycles. The van der Waals surface area contributed by atoms with Crippen molar-refractivity contribution in [2.24, 2.45) is 11.7 Å². The van der Waals surface area contributed by atoms with E-state index in [1.165, 1.54) is 11.3 Å². The van der Waals surface area contributed by atoms with Crippen LogP contribution in [0.5, 0.6) is 0 Å². The Morgan fingerprint density at radius 2 is 2.39 bits per heavy atom. The summed E-state index contributed by atoms with van der Waals surface area (Å²) in [4.78, 5) is 17.4. The van der Waals surface area contributed by atoms with E-state index in [0.717, 1.165) is 22.2 Å². The topological polar surface area (TPSA) is 94.0 Å². The largest absolute Gasteiger partial charge is 0.349 e. The number of halogens is 1. The highest BCUT2D eigenvalue weighted by Gasteiger charge is 2.41. The van der Waals surface area contributed by atoms with Gasteiger partial charge in [-0.05, 0) is 47.7 Å². The van der Waals surface area contributed by atoms with E-state index in [1.807, 2.05) is 18.4 Å². The minimum Gasteiger partial charge on any atom is -0.349 e. The number of hydrogen-bond donors (Lipinski definition) is 2. The molecule has 23 heavy (non-hydrogen) atoms. The van der Waals surface area contributed by atoms with Crippen LogP contribution < -0.4 is 11.1 Å². The van der Waals surface area contributed by atoms with Crippen molar-refractivity contribution in [1.29, 1.82) is 0 Å². The van der Waals surface area contributed by atoms with Gasteiger partial charge in [-0.3, -0.25) is 4.79 Å². The number of nitrogens with one attached hydrogen (secondary N) is 1. The molecule has 124 valence electrons. The summed E-state index contributed by atoms with van der Waals surface area (Å²) in [5.74, 6) is 1.51. The van der Waals surface area contributed by atoms with E-state index < -0.39 is 0 Å². The van der Waals surface area contributed by atoms with Crippen molar-refractivity contribution in [2.75, 3.05) is 6.54 Å². The first-order valence-corrected chi connectivity index (χ1v) is 9.25. The maximum atomic E-state index is 12.1. The maximum absolute atomic E-state index is 12.1. The van der Waals surface area contributed by atoms with Crippen LogP contribution in [0.3, 0.4) is 0 Å². The van der Waals surface area contributed by atoms with Gasteiger partial charge in [-0.1, -0.05) is 5.16 Å². The lowest BCUT2D eigenvalue weighted by Crippen LogP contribution is -2.53. The van der Waals surface area contributed by atoms with Gasteiger partial charge >= 0.3 is 0 Å². The van der Waals surface area contributed by atoms with Crippen molar-refractivity contribution in [1.82, 2.24) is 15.5 Å². The van der Waals surface area contributed by atoms with Crippen LogP contribution in [-0.4, -0.2) is 28.1 Å². The first-order chi connectivity index (χ1) is 11.0. The Balaban J connectivity index is 1.54. The molecule has 2 heterocycles. The van der Waals surface area contributed by atoms with Crippen molar-refractivity contribution < 1.29 is 9.32 Å². The van der Waals surface area contributed by atoms with Crippen LogP contribution in [-0.2, 0) is 11.2 Å². The third-order valence-corrected chi connectivity index (χ3v) is 5.84. The molecule has 0 aromatic carbocycles. The molecule has 3 rings (SSSR count). The zero-order valence-corrected chi connectivity index (χ0v) is 15.2. The normalized spacial score (nSPS) is 17.0. The molecule has 1 saturated carbocycles. The smallest absolute Gasteiger partial charge is 0.227 e. The van der Waals surface area contributed by atoms with Crippen molar-refractivity contribution in [2.45, 2.75) is 38.1 Å². The fourth-order valence-corrected chi connectivity index (χ4v) is 3.88. The molecule has 1 unspecified atom stereocenters. The maximum Gasteiger partial charge on any atom is 0.227 e. The van der Waals surface area contributed by atoms with E-state index in [2.05, 4.69) is 31.4 Å². The van der Waals surface area contributed by atoms with E-state index in [4.69, 9.17) is 10.3 Å². The van der Waals surface area contributed by atoms with Crippen molar-refractivity contribution in [3.8, 4) is 10.7 Å². The summed E-state index contributed by atoms with van der Waals surface area (Å²) in [6, 6.07) is 1.94. The van der Waals surface area contributed by atoms with Gasteiger partial charge in [-0.15, -0.1) is 11.3 Å². The van der Waals surface area contributed by atoms with Crippen LogP contribution >= 0.6 is 27.3 Å². The third kappa shape index (κ3) is 3.99. The predicted molar refractivity (Wildman–Crippen MR) is 92.0 cm³/mol. The van der Waals surface area contributed by atoms with Gasteiger partial charge in [0.15, 0.2) is 0 Å². The van der Waals surface area contributed by atoms with Gasteiger partial charge in [-0.25, -0.2) is 0 Å². The van der Waals surface area contributed by atoms with Gasteiger partial charge in [0, 0.05) is 29.2 Å². The summed E-state index contributed by atoms with van der Waals surface area (Å²) in [6.07, 6.45) is 3.02. The highest BCUT2D eigenvalue weighted by molar-refractivity contribution is 9.10. The van der Waals surface area contributed by atoms with E-state index in [-0.39, 0.29) is 11.4 Å². The van der Waals surface area contributed by atoms with Crippen LogP contribution in [0.2, 0.25) is 0 Å². The summed E-state index contributed by atoms with van der Waals surface area (Å²) < 4.78 is 6.21. The van der Waals surface area contributed by atoms with E-state index in [1.54, 1.807) is 0 Å². The number of amides is 1. The number of carbonyl (C=O) groups is 1. The molecule has 2 aromatic heterocycles. The molecule has 6 nitrogen and oxygen atoms in total. The van der Waals surface area contributed by atoms with Gasteiger partial charge in [0.2, 0.25) is 17.6 Å². The molecule has 1 aliphatic rings. The summed E-state index contributed by atoms with van der Waals surface area (Å²) in [7, 11) is 0. The molecule has 0 aliphatic heterocycles. The molecule has 1 amide bonds. The average Bonchev–Trinajstić information content (AvgIpc) is 3.14. The Morgan fingerprint density at radius 1 is 1.61 bits per heavy atom. The molecular weight excluding hydrogens is 380 g/mol. The van der Waals surface area contributed by atoms with Crippen LogP contribution in [0, 0.1) is 5.92 Å². The molecule has 0 bridgehead atoms. The van der Waals surface area contributed by atoms with Crippen LogP contribution in [0.1, 0.15) is 32.1 Å². The number of aryl methyl sites for hydroxylation is 1. The summed E-state index contributed by atoms with van der Waals surface area (Å²) in [5, 5.41) is 8.98.